The predicted octanol–water partition coefficient (Wildman–Crippen LogP) is 5.08. The van der Waals surface area contributed by atoms with Crippen LogP contribution in [-0.2, 0) is 0 Å². The van der Waals surface area contributed by atoms with Crippen LogP contribution in [0.5, 0.6) is 0 Å². The summed E-state index contributed by atoms with van der Waals surface area (Å²) in [6.07, 6.45) is 19.2. The molecule has 0 bridgehead atoms. The van der Waals surface area contributed by atoms with Crippen LogP contribution in [0, 0.1) is 5.92 Å². The largest absolute Gasteiger partial charge is 0.0884 e. The maximum atomic E-state index is 3.88. The maximum absolute atomic E-state index is 3.88. The lowest BCUT2D eigenvalue weighted by atomic mass is 9.74. The SMILES string of the molecule is BrC1CCC(C2=CC=CCC2)=C2C=CCCC21. The molecule has 0 heterocycles. The van der Waals surface area contributed by atoms with Crippen molar-refractivity contribution < 1.29 is 0 Å². The Morgan fingerprint density at radius 1 is 1.06 bits per heavy atom. The van der Waals surface area contributed by atoms with Crippen molar-refractivity contribution in [3.05, 3.63) is 47.1 Å². The summed E-state index contributed by atoms with van der Waals surface area (Å²) in [6, 6.07) is 0. The smallest absolute Gasteiger partial charge is 0.0217 e. The van der Waals surface area contributed by atoms with E-state index >= 15 is 0 Å². The molecule has 1 heteroatoms. The van der Waals surface area contributed by atoms with Crippen LogP contribution >= 0.6 is 15.9 Å². The van der Waals surface area contributed by atoms with Crippen molar-refractivity contribution in [2.45, 2.75) is 43.4 Å². The average molecular weight is 291 g/mol. The standard InChI is InChI=1S/C16H19Br/c17-16-11-10-13(12-6-2-1-3-7-12)14-8-4-5-9-15(14)16/h1-2,4,6,8,15-16H,3,5,7,9-11H2. The molecular formula is C16H19Br. The van der Waals surface area contributed by atoms with Crippen LogP contribution in [0.15, 0.2) is 47.1 Å². The van der Waals surface area contributed by atoms with Crippen molar-refractivity contribution in [2.24, 2.45) is 5.92 Å². The maximum Gasteiger partial charge on any atom is 0.0217 e. The summed E-state index contributed by atoms with van der Waals surface area (Å²) in [5, 5.41) is 0. The second-order valence-corrected chi connectivity index (χ2v) is 6.41. The summed E-state index contributed by atoms with van der Waals surface area (Å²) in [6.45, 7) is 0. The van der Waals surface area contributed by atoms with Crippen molar-refractivity contribution in [1.29, 1.82) is 0 Å². The van der Waals surface area contributed by atoms with Crippen LogP contribution in [-0.4, -0.2) is 4.83 Å². The molecule has 0 saturated heterocycles. The summed E-state index contributed by atoms with van der Waals surface area (Å²) >= 11 is 3.88. The highest BCUT2D eigenvalue weighted by molar-refractivity contribution is 9.09. The minimum atomic E-state index is 0.700. The van der Waals surface area contributed by atoms with Gasteiger partial charge in [0.15, 0.2) is 0 Å². The molecule has 0 radical (unpaired) electrons. The van der Waals surface area contributed by atoms with Gasteiger partial charge in [-0.2, -0.15) is 0 Å². The number of rotatable bonds is 1. The first-order valence-electron chi connectivity index (χ1n) is 6.76. The van der Waals surface area contributed by atoms with Gasteiger partial charge in [0.2, 0.25) is 0 Å². The van der Waals surface area contributed by atoms with Crippen molar-refractivity contribution in [1.82, 2.24) is 0 Å². The number of allylic oxidation sites excluding steroid dienone is 8. The van der Waals surface area contributed by atoms with Gasteiger partial charge >= 0.3 is 0 Å². The van der Waals surface area contributed by atoms with Gasteiger partial charge in [-0.15, -0.1) is 0 Å². The van der Waals surface area contributed by atoms with Crippen molar-refractivity contribution in [3.8, 4) is 0 Å². The topological polar surface area (TPSA) is 0 Å². The lowest BCUT2D eigenvalue weighted by Crippen LogP contribution is -2.24. The fourth-order valence-electron chi connectivity index (χ4n) is 3.29. The predicted molar refractivity (Wildman–Crippen MR) is 77.3 cm³/mol. The number of fused-ring (bicyclic) bond motifs is 1. The van der Waals surface area contributed by atoms with Gasteiger partial charge in [-0.3, -0.25) is 0 Å². The minimum Gasteiger partial charge on any atom is -0.0884 e. The number of alkyl halides is 1. The summed E-state index contributed by atoms with van der Waals surface area (Å²) in [5.41, 5.74) is 4.88. The van der Waals surface area contributed by atoms with Gasteiger partial charge in [0.1, 0.15) is 0 Å². The Bertz CT molecular complexity index is 423. The molecule has 90 valence electrons. The van der Waals surface area contributed by atoms with Crippen LogP contribution in [0.4, 0.5) is 0 Å². The minimum absolute atomic E-state index is 0.700. The summed E-state index contributed by atoms with van der Waals surface area (Å²) in [4.78, 5) is 0.700. The Balaban J connectivity index is 2.01. The molecule has 0 N–H and O–H groups in total. The highest BCUT2D eigenvalue weighted by atomic mass is 79.9. The van der Waals surface area contributed by atoms with Crippen LogP contribution in [0.2, 0.25) is 0 Å². The molecule has 0 aliphatic heterocycles. The highest BCUT2D eigenvalue weighted by Gasteiger charge is 2.30. The third kappa shape index (κ3) is 2.22. The molecular weight excluding hydrogens is 272 g/mol. The first-order valence-corrected chi connectivity index (χ1v) is 7.67. The molecule has 17 heavy (non-hydrogen) atoms. The van der Waals surface area contributed by atoms with E-state index in [1.807, 2.05) is 0 Å². The van der Waals surface area contributed by atoms with E-state index in [0.717, 1.165) is 5.92 Å². The number of hydrogen-bond acceptors (Lipinski definition) is 0. The Labute approximate surface area is 112 Å². The monoisotopic (exact) mass is 290 g/mol. The van der Waals surface area contributed by atoms with Gasteiger partial charge in [-0.25, -0.2) is 0 Å². The first-order chi connectivity index (χ1) is 8.36. The summed E-state index contributed by atoms with van der Waals surface area (Å²) in [5.74, 6) is 0.760. The average Bonchev–Trinajstić information content (AvgIpc) is 2.41. The molecule has 0 fully saturated rings. The van der Waals surface area contributed by atoms with Crippen molar-refractivity contribution >= 4 is 15.9 Å². The highest BCUT2D eigenvalue weighted by Crippen LogP contribution is 2.43. The van der Waals surface area contributed by atoms with Crippen molar-refractivity contribution in [2.75, 3.05) is 0 Å². The zero-order chi connectivity index (χ0) is 11.7. The third-order valence-corrected chi connectivity index (χ3v) is 5.29. The van der Waals surface area contributed by atoms with Crippen LogP contribution < -0.4 is 0 Å². The van der Waals surface area contributed by atoms with E-state index < -0.39 is 0 Å². The van der Waals surface area contributed by atoms with E-state index in [2.05, 4.69) is 46.3 Å². The van der Waals surface area contributed by atoms with Crippen molar-refractivity contribution in [3.63, 3.8) is 0 Å². The van der Waals surface area contributed by atoms with E-state index in [1.165, 1.54) is 38.5 Å². The van der Waals surface area contributed by atoms with Crippen LogP contribution in [0.3, 0.4) is 0 Å². The molecule has 0 spiro atoms. The van der Waals surface area contributed by atoms with Gasteiger partial charge in [0.25, 0.3) is 0 Å². The van der Waals surface area contributed by atoms with E-state index in [0.29, 0.717) is 4.83 Å². The van der Waals surface area contributed by atoms with E-state index in [4.69, 9.17) is 0 Å². The molecule has 3 aliphatic rings. The summed E-state index contributed by atoms with van der Waals surface area (Å²) < 4.78 is 0. The molecule has 0 amide bonds. The Hall–Kier alpha value is -0.560. The molecule has 0 aromatic rings. The second kappa shape index (κ2) is 4.97. The lowest BCUT2D eigenvalue weighted by molar-refractivity contribution is 0.490. The molecule has 2 unspecified atom stereocenters. The second-order valence-electron chi connectivity index (χ2n) is 5.23. The normalized spacial score (nSPS) is 32.4. The lowest BCUT2D eigenvalue weighted by Gasteiger charge is -2.34. The third-order valence-electron chi connectivity index (χ3n) is 4.20. The fraction of sp³-hybridized carbons (Fsp3) is 0.500. The molecule has 3 rings (SSSR count). The molecule has 0 aromatic carbocycles. The quantitative estimate of drug-likeness (QED) is 0.591. The molecule has 0 saturated carbocycles. The zero-order valence-corrected chi connectivity index (χ0v) is 11.7. The molecule has 2 atom stereocenters. The van der Waals surface area contributed by atoms with E-state index in [-0.39, 0.29) is 0 Å². The Morgan fingerprint density at radius 3 is 2.82 bits per heavy atom. The van der Waals surface area contributed by atoms with Gasteiger partial charge in [-0.05, 0) is 61.2 Å². The van der Waals surface area contributed by atoms with E-state index in [9.17, 15) is 0 Å². The van der Waals surface area contributed by atoms with Gasteiger partial charge in [0.05, 0.1) is 0 Å². The van der Waals surface area contributed by atoms with Crippen LogP contribution in [0.1, 0.15) is 38.5 Å². The van der Waals surface area contributed by atoms with Crippen LogP contribution in [0.25, 0.3) is 0 Å². The number of halogens is 1. The van der Waals surface area contributed by atoms with Gasteiger partial charge in [0, 0.05) is 4.83 Å². The molecule has 0 nitrogen and oxygen atoms in total. The van der Waals surface area contributed by atoms with Gasteiger partial charge in [-0.1, -0.05) is 46.3 Å². The summed E-state index contributed by atoms with van der Waals surface area (Å²) in [7, 11) is 0. The van der Waals surface area contributed by atoms with E-state index in [1.54, 1.807) is 16.7 Å². The van der Waals surface area contributed by atoms with Gasteiger partial charge < -0.3 is 0 Å². The molecule has 3 aliphatic carbocycles. The fourth-order valence-corrected chi connectivity index (χ4v) is 4.07. The molecule has 0 aromatic heterocycles. The first kappa shape index (κ1) is 11.5. The number of hydrogen-bond donors (Lipinski definition) is 0. The zero-order valence-electron chi connectivity index (χ0n) is 10.2. The Morgan fingerprint density at radius 2 is 2.00 bits per heavy atom. The Kier molecular flexibility index (Phi) is 3.37.